The Hall–Kier alpha value is -0.603. The van der Waals surface area contributed by atoms with Crippen LogP contribution in [0.25, 0.3) is 0 Å². The molecule has 0 unspecified atom stereocenters. The average molecular weight is 194 g/mol. The molecule has 2 heteroatoms. The van der Waals surface area contributed by atoms with Gasteiger partial charge < -0.3 is 4.80 Å². The van der Waals surface area contributed by atoms with E-state index in [0.717, 1.165) is 5.19 Å². The largest absolute Gasteiger partial charge is 0.427 e. The summed E-state index contributed by atoms with van der Waals surface area (Å²) in [5.41, 5.74) is 0. The molecular weight excluding hydrogens is 176 g/mol. The van der Waals surface area contributed by atoms with E-state index in [4.69, 9.17) is 0 Å². The van der Waals surface area contributed by atoms with Crippen LogP contribution in [0.4, 0.5) is 0 Å². The van der Waals surface area contributed by atoms with Gasteiger partial charge >= 0.3 is 0 Å². The van der Waals surface area contributed by atoms with Crippen LogP contribution in [0.2, 0.25) is 11.6 Å². The maximum atomic E-state index is 10.5. The summed E-state index contributed by atoms with van der Waals surface area (Å²) in [5.74, 6) is 0. The minimum absolute atomic E-state index is 0.00560. The highest BCUT2D eigenvalue weighted by Crippen LogP contribution is 2.33. The summed E-state index contributed by atoms with van der Waals surface area (Å²) in [6, 6.07) is 10.0. The molecule has 72 valence electrons. The molecule has 0 aliphatic heterocycles. The van der Waals surface area contributed by atoms with Gasteiger partial charge in [-0.15, -0.1) is 0 Å². The van der Waals surface area contributed by atoms with E-state index in [9.17, 15) is 4.80 Å². The van der Waals surface area contributed by atoms with Crippen LogP contribution >= 0.6 is 0 Å². The highest BCUT2D eigenvalue weighted by Gasteiger charge is 2.40. The maximum absolute atomic E-state index is 10.5. The lowest BCUT2D eigenvalue weighted by molar-refractivity contribution is 0.496. The second kappa shape index (κ2) is 3.27. The van der Waals surface area contributed by atoms with E-state index in [1.165, 1.54) is 0 Å². The zero-order valence-electron chi connectivity index (χ0n) is 8.83. The third-order valence-corrected chi connectivity index (χ3v) is 7.17. The van der Waals surface area contributed by atoms with Crippen molar-refractivity contribution in [2.75, 3.05) is 0 Å². The quantitative estimate of drug-likeness (QED) is 0.680. The summed E-state index contributed by atoms with van der Waals surface area (Å²) in [6.45, 7) is 8.31. The molecule has 13 heavy (non-hydrogen) atoms. The Kier molecular flexibility index (Phi) is 2.64. The van der Waals surface area contributed by atoms with E-state index < -0.39 is 8.32 Å². The zero-order valence-corrected chi connectivity index (χ0v) is 9.83. The molecule has 1 aromatic rings. The van der Waals surface area contributed by atoms with Crippen LogP contribution in [0.1, 0.15) is 20.8 Å². The molecule has 0 fully saturated rings. The molecule has 1 aromatic carbocycles. The molecule has 0 amide bonds. The third-order valence-electron chi connectivity index (χ3n) is 2.80. The number of hydrogen-bond donors (Lipinski definition) is 1. The van der Waals surface area contributed by atoms with Gasteiger partial charge in [0.1, 0.15) is 0 Å². The molecule has 1 atom stereocenters. The fourth-order valence-electron chi connectivity index (χ4n) is 1.20. The van der Waals surface area contributed by atoms with Crippen LogP contribution in [0, 0.1) is 0 Å². The van der Waals surface area contributed by atoms with Gasteiger partial charge in [0.2, 0.25) is 8.32 Å². The first-order valence-electron chi connectivity index (χ1n) is 4.63. The standard InChI is InChI=1S/C11H18OSi/c1-11(2,3)13(4,12)10-8-6-5-7-9-10/h5-9,12H,1-4H3/t13-/m0/s1. The first-order chi connectivity index (χ1) is 5.86. The molecule has 1 nitrogen and oxygen atoms in total. The predicted molar refractivity (Wildman–Crippen MR) is 59.6 cm³/mol. The van der Waals surface area contributed by atoms with Crippen molar-refractivity contribution in [1.82, 2.24) is 0 Å². The van der Waals surface area contributed by atoms with Crippen molar-refractivity contribution in [2.45, 2.75) is 32.4 Å². The normalized spacial score (nSPS) is 16.7. The van der Waals surface area contributed by atoms with Crippen molar-refractivity contribution < 1.29 is 4.80 Å². The fraction of sp³-hybridized carbons (Fsp3) is 0.455. The van der Waals surface area contributed by atoms with Crippen LogP contribution in [0.3, 0.4) is 0 Å². The van der Waals surface area contributed by atoms with Crippen molar-refractivity contribution >= 4 is 13.5 Å². The lowest BCUT2D eigenvalue weighted by Gasteiger charge is -2.34. The topological polar surface area (TPSA) is 20.2 Å². The highest BCUT2D eigenvalue weighted by molar-refractivity contribution is 6.86. The lowest BCUT2D eigenvalue weighted by Crippen LogP contribution is -2.52. The molecule has 0 aromatic heterocycles. The monoisotopic (exact) mass is 194 g/mol. The van der Waals surface area contributed by atoms with Gasteiger partial charge in [0.25, 0.3) is 0 Å². The Labute approximate surface area is 81.6 Å². The van der Waals surface area contributed by atoms with Gasteiger partial charge in [-0.25, -0.2) is 0 Å². The minimum atomic E-state index is -2.28. The molecule has 1 rings (SSSR count). The van der Waals surface area contributed by atoms with Crippen molar-refractivity contribution in [1.29, 1.82) is 0 Å². The smallest absolute Gasteiger partial charge is 0.222 e. The zero-order chi connectivity index (χ0) is 10.1. The summed E-state index contributed by atoms with van der Waals surface area (Å²) in [6.07, 6.45) is 0. The summed E-state index contributed by atoms with van der Waals surface area (Å²) in [4.78, 5) is 10.5. The second-order valence-electron chi connectivity index (χ2n) is 4.69. The van der Waals surface area contributed by atoms with Crippen LogP contribution in [0.5, 0.6) is 0 Å². The first kappa shape index (κ1) is 10.5. The van der Waals surface area contributed by atoms with Gasteiger partial charge in [-0.3, -0.25) is 0 Å². The summed E-state index contributed by atoms with van der Waals surface area (Å²) < 4.78 is 0. The van der Waals surface area contributed by atoms with Crippen LogP contribution in [-0.2, 0) is 0 Å². The van der Waals surface area contributed by atoms with Gasteiger partial charge in [-0.1, -0.05) is 51.1 Å². The molecule has 1 N–H and O–H groups in total. The van der Waals surface area contributed by atoms with E-state index in [-0.39, 0.29) is 5.04 Å². The SMILES string of the molecule is CC(C)(C)[Si@@](C)(O)c1ccccc1. The van der Waals surface area contributed by atoms with E-state index in [2.05, 4.69) is 20.8 Å². The van der Waals surface area contributed by atoms with Crippen LogP contribution in [0.15, 0.2) is 30.3 Å². The van der Waals surface area contributed by atoms with E-state index in [1.54, 1.807) is 0 Å². The molecule has 0 spiro atoms. The van der Waals surface area contributed by atoms with Crippen LogP contribution < -0.4 is 5.19 Å². The Morgan fingerprint density at radius 2 is 1.54 bits per heavy atom. The summed E-state index contributed by atoms with van der Waals surface area (Å²) in [5, 5.41) is 1.11. The molecule has 0 saturated heterocycles. The van der Waals surface area contributed by atoms with Gasteiger partial charge in [0.15, 0.2) is 0 Å². The van der Waals surface area contributed by atoms with Crippen LogP contribution in [-0.4, -0.2) is 13.1 Å². The van der Waals surface area contributed by atoms with Crippen molar-refractivity contribution in [3.63, 3.8) is 0 Å². The molecular formula is C11H18OSi. The van der Waals surface area contributed by atoms with Crippen molar-refractivity contribution in [2.24, 2.45) is 0 Å². The van der Waals surface area contributed by atoms with Gasteiger partial charge in [0, 0.05) is 0 Å². The van der Waals surface area contributed by atoms with Crippen molar-refractivity contribution in [3.8, 4) is 0 Å². The third kappa shape index (κ3) is 2.01. The molecule has 0 aliphatic carbocycles. The maximum Gasteiger partial charge on any atom is 0.222 e. The second-order valence-corrected chi connectivity index (χ2v) is 8.91. The highest BCUT2D eigenvalue weighted by atomic mass is 28.4. The molecule has 0 bridgehead atoms. The van der Waals surface area contributed by atoms with Gasteiger partial charge in [-0.2, -0.15) is 0 Å². The Balaban J connectivity index is 3.08. The Bertz CT molecular complexity index is 272. The van der Waals surface area contributed by atoms with E-state index in [0.29, 0.717) is 0 Å². The minimum Gasteiger partial charge on any atom is -0.427 e. The van der Waals surface area contributed by atoms with Gasteiger partial charge in [0.05, 0.1) is 0 Å². The Morgan fingerprint density at radius 1 is 1.08 bits per heavy atom. The number of benzene rings is 1. The predicted octanol–water partition coefficient (Wildman–Crippen LogP) is 2.26. The fourth-order valence-corrected chi connectivity index (χ4v) is 2.90. The lowest BCUT2D eigenvalue weighted by atomic mass is 10.2. The van der Waals surface area contributed by atoms with Gasteiger partial charge in [-0.05, 0) is 16.8 Å². The average Bonchev–Trinajstić information content (AvgIpc) is 2.04. The summed E-state index contributed by atoms with van der Waals surface area (Å²) in [7, 11) is -2.28. The molecule has 0 saturated carbocycles. The van der Waals surface area contributed by atoms with E-state index in [1.807, 2.05) is 36.9 Å². The molecule has 0 heterocycles. The van der Waals surface area contributed by atoms with Crippen molar-refractivity contribution in [3.05, 3.63) is 30.3 Å². The Morgan fingerprint density at radius 3 is 1.92 bits per heavy atom. The number of rotatable bonds is 1. The summed E-state index contributed by atoms with van der Waals surface area (Å²) >= 11 is 0. The van der Waals surface area contributed by atoms with E-state index >= 15 is 0 Å². The molecule has 0 aliphatic rings. The molecule has 0 radical (unpaired) electrons. The number of hydrogen-bond acceptors (Lipinski definition) is 1. The first-order valence-corrected chi connectivity index (χ1v) is 7.08.